The van der Waals surface area contributed by atoms with Crippen molar-refractivity contribution >= 4 is 15.8 Å². The van der Waals surface area contributed by atoms with Crippen LogP contribution >= 0.6 is 0 Å². The SMILES string of the molecule is Cc1cc(C)c(S(=O)(=O)O)cc1[NH]. The maximum atomic E-state index is 10.8. The van der Waals surface area contributed by atoms with Crippen molar-refractivity contribution in [1.82, 2.24) is 5.73 Å². The van der Waals surface area contributed by atoms with Crippen LogP contribution < -0.4 is 5.73 Å². The minimum Gasteiger partial charge on any atom is -0.301 e. The molecule has 0 atom stereocenters. The summed E-state index contributed by atoms with van der Waals surface area (Å²) in [4.78, 5) is -0.192. The highest BCUT2D eigenvalue weighted by Gasteiger charge is 2.14. The molecule has 0 saturated carbocycles. The quantitative estimate of drug-likeness (QED) is 0.697. The summed E-state index contributed by atoms with van der Waals surface area (Å²) in [6.07, 6.45) is 0. The third-order valence-electron chi connectivity index (χ3n) is 1.80. The molecular weight excluding hydrogens is 190 g/mol. The van der Waals surface area contributed by atoms with Gasteiger partial charge in [0.05, 0.1) is 10.6 Å². The van der Waals surface area contributed by atoms with Crippen molar-refractivity contribution in [3.8, 4) is 0 Å². The van der Waals surface area contributed by atoms with Crippen LogP contribution in [-0.2, 0) is 10.1 Å². The summed E-state index contributed by atoms with van der Waals surface area (Å²) in [7, 11) is -4.19. The van der Waals surface area contributed by atoms with Gasteiger partial charge in [0.25, 0.3) is 10.1 Å². The molecule has 0 unspecified atom stereocenters. The summed E-state index contributed by atoms with van der Waals surface area (Å²) in [5, 5.41) is 0. The highest BCUT2D eigenvalue weighted by Crippen LogP contribution is 2.22. The molecule has 0 saturated heterocycles. The molecule has 1 rings (SSSR count). The molecule has 0 aliphatic carbocycles. The fourth-order valence-electron chi connectivity index (χ4n) is 1.11. The first-order chi connectivity index (χ1) is 5.82. The van der Waals surface area contributed by atoms with Crippen molar-refractivity contribution in [3.63, 3.8) is 0 Å². The van der Waals surface area contributed by atoms with Gasteiger partial charge in [-0.05, 0) is 31.0 Å². The second-order valence-electron chi connectivity index (χ2n) is 2.91. The molecule has 0 amide bonds. The van der Waals surface area contributed by atoms with Gasteiger partial charge in [0.1, 0.15) is 0 Å². The van der Waals surface area contributed by atoms with Crippen molar-refractivity contribution in [1.29, 1.82) is 0 Å². The van der Waals surface area contributed by atoms with Crippen molar-refractivity contribution in [2.75, 3.05) is 0 Å². The molecule has 0 aliphatic heterocycles. The molecule has 0 aliphatic rings. The maximum Gasteiger partial charge on any atom is 0.294 e. The average Bonchev–Trinajstić information content (AvgIpc) is 1.94. The van der Waals surface area contributed by atoms with Gasteiger partial charge in [-0.1, -0.05) is 6.07 Å². The molecule has 4 nitrogen and oxygen atoms in total. The molecule has 1 aromatic rings. The fraction of sp³-hybridized carbons (Fsp3) is 0.250. The number of aryl methyl sites for hydroxylation is 2. The molecule has 2 N–H and O–H groups in total. The number of benzene rings is 1. The summed E-state index contributed by atoms with van der Waals surface area (Å²) >= 11 is 0. The number of hydrogen-bond acceptors (Lipinski definition) is 2. The van der Waals surface area contributed by atoms with Crippen LogP contribution in [0.3, 0.4) is 0 Å². The van der Waals surface area contributed by atoms with E-state index in [2.05, 4.69) is 0 Å². The highest BCUT2D eigenvalue weighted by molar-refractivity contribution is 7.85. The van der Waals surface area contributed by atoms with Gasteiger partial charge in [0, 0.05) is 0 Å². The van der Waals surface area contributed by atoms with E-state index in [-0.39, 0.29) is 10.6 Å². The summed E-state index contributed by atoms with van der Waals surface area (Å²) < 4.78 is 30.4. The minimum atomic E-state index is -4.19. The van der Waals surface area contributed by atoms with Gasteiger partial charge in [-0.25, -0.2) is 0 Å². The zero-order valence-electron chi connectivity index (χ0n) is 7.33. The van der Waals surface area contributed by atoms with E-state index in [4.69, 9.17) is 10.3 Å². The normalized spacial score (nSPS) is 11.6. The van der Waals surface area contributed by atoms with Gasteiger partial charge in [-0.15, -0.1) is 0 Å². The van der Waals surface area contributed by atoms with Gasteiger partial charge in [0.15, 0.2) is 0 Å². The van der Waals surface area contributed by atoms with Gasteiger partial charge in [-0.2, -0.15) is 8.42 Å². The molecule has 0 fully saturated rings. The monoisotopic (exact) mass is 200 g/mol. The van der Waals surface area contributed by atoms with E-state index >= 15 is 0 Å². The van der Waals surface area contributed by atoms with Crippen LogP contribution in [0.25, 0.3) is 0 Å². The van der Waals surface area contributed by atoms with Gasteiger partial charge >= 0.3 is 0 Å². The predicted octanol–water partition coefficient (Wildman–Crippen LogP) is 1.46. The average molecular weight is 200 g/mol. The van der Waals surface area contributed by atoms with Crippen LogP contribution in [0.1, 0.15) is 11.1 Å². The van der Waals surface area contributed by atoms with Crippen LogP contribution in [-0.4, -0.2) is 13.0 Å². The topological polar surface area (TPSA) is 78.2 Å². The largest absolute Gasteiger partial charge is 0.301 e. The molecule has 71 valence electrons. The Hall–Kier alpha value is -1.07. The maximum absolute atomic E-state index is 10.8. The Morgan fingerprint density at radius 3 is 2.23 bits per heavy atom. The Labute approximate surface area is 77.1 Å². The first-order valence-electron chi connectivity index (χ1n) is 3.62. The lowest BCUT2D eigenvalue weighted by molar-refractivity contribution is 0.482. The first-order valence-corrected chi connectivity index (χ1v) is 5.06. The van der Waals surface area contributed by atoms with Crippen molar-refractivity contribution < 1.29 is 13.0 Å². The lowest BCUT2D eigenvalue weighted by atomic mass is 10.1. The van der Waals surface area contributed by atoms with Crippen LogP contribution in [0.15, 0.2) is 17.0 Å². The first kappa shape index (κ1) is 10.0. The smallest absolute Gasteiger partial charge is 0.294 e. The van der Waals surface area contributed by atoms with Crippen LogP contribution in [0.2, 0.25) is 0 Å². The van der Waals surface area contributed by atoms with E-state index in [9.17, 15) is 8.42 Å². The van der Waals surface area contributed by atoms with Crippen LogP contribution in [0.5, 0.6) is 0 Å². The van der Waals surface area contributed by atoms with Gasteiger partial charge in [0.2, 0.25) is 0 Å². The lowest BCUT2D eigenvalue weighted by Gasteiger charge is -2.05. The molecular formula is C8H10NO3S. The predicted molar refractivity (Wildman–Crippen MR) is 48.5 cm³/mol. The van der Waals surface area contributed by atoms with E-state index in [1.54, 1.807) is 19.9 Å². The summed E-state index contributed by atoms with van der Waals surface area (Å²) in [6, 6.07) is 2.71. The Morgan fingerprint density at radius 2 is 1.77 bits per heavy atom. The van der Waals surface area contributed by atoms with E-state index in [1.807, 2.05) is 0 Å². The van der Waals surface area contributed by atoms with E-state index in [0.717, 1.165) is 6.07 Å². The van der Waals surface area contributed by atoms with Crippen molar-refractivity contribution in [2.24, 2.45) is 0 Å². The summed E-state index contributed by atoms with van der Waals surface area (Å²) in [6.45, 7) is 3.29. The third kappa shape index (κ3) is 1.99. The molecule has 5 heteroatoms. The molecule has 0 heterocycles. The lowest BCUT2D eigenvalue weighted by Crippen LogP contribution is -2.01. The van der Waals surface area contributed by atoms with Crippen molar-refractivity contribution in [3.05, 3.63) is 23.3 Å². The summed E-state index contributed by atoms with van der Waals surface area (Å²) in [5.74, 6) is 0. The van der Waals surface area contributed by atoms with Gasteiger partial charge in [-0.3, -0.25) is 4.55 Å². The third-order valence-corrected chi connectivity index (χ3v) is 2.80. The number of hydrogen-bond donors (Lipinski definition) is 1. The van der Waals surface area contributed by atoms with Crippen LogP contribution in [0.4, 0.5) is 5.69 Å². The second kappa shape index (κ2) is 3.01. The zero-order valence-corrected chi connectivity index (χ0v) is 8.14. The van der Waals surface area contributed by atoms with Gasteiger partial charge < -0.3 is 5.73 Å². The molecule has 1 radical (unpaired) electrons. The van der Waals surface area contributed by atoms with E-state index in [1.165, 1.54) is 0 Å². The van der Waals surface area contributed by atoms with Crippen LogP contribution in [0, 0.1) is 13.8 Å². The standard InChI is InChI=1S/C8H10NO3S/c1-5-3-6(2)8(4-7(5)9)13(10,11)12/h3-4,9H,1-2H3,(H,10,11,12). The Balaban J connectivity index is 3.50. The zero-order chi connectivity index (χ0) is 10.2. The molecule has 0 aromatic heterocycles. The molecule has 13 heavy (non-hydrogen) atoms. The highest BCUT2D eigenvalue weighted by atomic mass is 32.2. The Bertz CT molecular complexity index is 437. The minimum absolute atomic E-state index is 0.109. The fourth-order valence-corrected chi connectivity index (χ4v) is 1.84. The number of rotatable bonds is 1. The van der Waals surface area contributed by atoms with E-state index in [0.29, 0.717) is 11.1 Å². The Morgan fingerprint density at radius 1 is 1.23 bits per heavy atom. The number of nitrogens with one attached hydrogen (secondary N) is 1. The Kier molecular flexibility index (Phi) is 2.32. The molecule has 0 spiro atoms. The summed E-state index contributed by atoms with van der Waals surface area (Å²) in [5.41, 5.74) is 8.61. The molecule has 1 aromatic carbocycles. The second-order valence-corrected chi connectivity index (χ2v) is 4.30. The van der Waals surface area contributed by atoms with Crippen molar-refractivity contribution in [2.45, 2.75) is 18.7 Å². The van der Waals surface area contributed by atoms with E-state index < -0.39 is 10.1 Å². The molecule has 0 bridgehead atoms.